The van der Waals surface area contributed by atoms with Crippen LogP contribution in [0.25, 0.3) is 0 Å². The highest BCUT2D eigenvalue weighted by molar-refractivity contribution is 5.86. The van der Waals surface area contributed by atoms with Crippen molar-refractivity contribution in [2.24, 2.45) is 5.92 Å². The number of fused-ring (bicyclic) bond motifs is 1. The molecule has 2 aliphatic rings. The Bertz CT molecular complexity index is 507. The van der Waals surface area contributed by atoms with E-state index in [4.69, 9.17) is 0 Å². The normalized spacial score (nSPS) is 24.1. The fourth-order valence-electron chi connectivity index (χ4n) is 3.55. The number of benzene rings is 1. The third kappa shape index (κ3) is 2.91. The van der Waals surface area contributed by atoms with E-state index in [-0.39, 0.29) is 17.9 Å². The van der Waals surface area contributed by atoms with Gasteiger partial charge >= 0.3 is 0 Å². The highest BCUT2D eigenvalue weighted by Crippen LogP contribution is 2.33. The smallest absolute Gasteiger partial charge is 0.230 e. The zero-order valence-corrected chi connectivity index (χ0v) is 12.6. The van der Waals surface area contributed by atoms with Gasteiger partial charge in [0.05, 0.1) is 12.0 Å². The summed E-state index contributed by atoms with van der Waals surface area (Å²) in [7, 11) is 0. The molecule has 2 heterocycles. The standard InChI is InChI=1S/C17H24N2O2/c1-12(20)13-7-10-19(11-8-13)17(21)15-6-9-18-16-5-3-2-4-14(15)16/h2-5,12-13,15,18,20H,6-11H2,1H3. The Hall–Kier alpha value is -1.55. The van der Waals surface area contributed by atoms with E-state index in [1.54, 1.807) is 0 Å². The second kappa shape index (κ2) is 6.06. The predicted molar refractivity (Wildman–Crippen MR) is 83.3 cm³/mol. The monoisotopic (exact) mass is 288 g/mol. The minimum atomic E-state index is -0.262. The first-order chi connectivity index (χ1) is 10.2. The molecule has 21 heavy (non-hydrogen) atoms. The number of likely N-dealkylation sites (tertiary alicyclic amines) is 1. The van der Waals surface area contributed by atoms with Gasteiger partial charge in [-0.2, -0.15) is 0 Å². The number of aliphatic hydroxyl groups excluding tert-OH is 1. The fraction of sp³-hybridized carbons (Fsp3) is 0.588. The van der Waals surface area contributed by atoms with Gasteiger partial charge in [0.15, 0.2) is 0 Å². The van der Waals surface area contributed by atoms with Crippen molar-refractivity contribution in [3.8, 4) is 0 Å². The molecule has 0 radical (unpaired) electrons. The molecule has 1 fully saturated rings. The summed E-state index contributed by atoms with van der Waals surface area (Å²) in [6.07, 6.45) is 2.43. The first-order valence-electron chi connectivity index (χ1n) is 7.96. The van der Waals surface area contributed by atoms with Crippen LogP contribution in [0.2, 0.25) is 0 Å². The Labute approximate surface area is 126 Å². The van der Waals surface area contributed by atoms with E-state index in [1.807, 2.05) is 24.0 Å². The van der Waals surface area contributed by atoms with E-state index >= 15 is 0 Å². The number of aliphatic hydroxyl groups is 1. The zero-order valence-electron chi connectivity index (χ0n) is 12.6. The number of piperidine rings is 1. The number of carbonyl (C=O) groups is 1. The maximum Gasteiger partial charge on any atom is 0.230 e. The summed E-state index contributed by atoms with van der Waals surface area (Å²) in [6, 6.07) is 8.12. The lowest BCUT2D eigenvalue weighted by atomic mass is 9.87. The van der Waals surface area contributed by atoms with Crippen LogP contribution in [-0.2, 0) is 4.79 Å². The number of amides is 1. The van der Waals surface area contributed by atoms with Crippen LogP contribution in [0.15, 0.2) is 24.3 Å². The summed E-state index contributed by atoms with van der Waals surface area (Å²) in [5.41, 5.74) is 2.23. The molecule has 2 atom stereocenters. The Morgan fingerprint density at radius 2 is 2.00 bits per heavy atom. The second-order valence-corrected chi connectivity index (χ2v) is 6.26. The molecule has 1 aromatic carbocycles. The number of anilines is 1. The Morgan fingerprint density at radius 1 is 1.29 bits per heavy atom. The predicted octanol–water partition coefficient (Wildman–Crippen LogP) is 2.21. The minimum Gasteiger partial charge on any atom is -0.393 e. The van der Waals surface area contributed by atoms with Gasteiger partial charge in [0.25, 0.3) is 0 Å². The first-order valence-corrected chi connectivity index (χ1v) is 7.96. The molecule has 0 spiro atoms. The number of para-hydroxylation sites is 1. The zero-order chi connectivity index (χ0) is 14.8. The number of carbonyl (C=O) groups excluding carboxylic acids is 1. The summed E-state index contributed by atoms with van der Waals surface area (Å²) in [6.45, 7) is 4.27. The van der Waals surface area contributed by atoms with Crippen molar-refractivity contribution in [1.29, 1.82) is 0 Å². The van der Waals surface area contributed by atoms with Gasteiger partial charge in [-0.25, -0.2) is 0 Å². The van der Waals surface area contributed by atoms with Crippen molar-refractivity contribution in [3.63, 3.8) is 0 Å². The molecule has 2 aliphatic heterocycles. The van der Waals surface area contributed by atoms with E-state index in [9.17, 15) is 9.90 Å². The first kappa shape index (κ1) is 14.4. The van der Waals surface area contributed by atoms with Crippen LogP contribution in [-0.4, -0.2) is 41.7 Å². The molecule has 1 amide bonds. The SMILES string of the molecule is CC(O)C1CCN(C(=O)C2CCNc3ccccc32)CC1. The largest absolute Gasteiger partial charge is 0.393 e. The molecule has 0 aliphatic carbocycles. The minimum absolute atomic E-state index is 0.00875. The Morgan fingerprint density at radius 3 is 2.71 bits per heavy atom. The molecule has 4 nitrogen and oxygen atoms in total. The van der Waals surface area contributed by atoms with Crippen molar-refractivity contribution < 1.29 is 9.90 Å². The number of hydrogen-bond donors (Lipinski definition) is 2. The Balaban J connectivity index is 1.70. The van der Waals surface area contributed by atoms with Crippen molar-refractivity contribution in [2.45, 2.75) is 38.2 Å². The van der Waals surface area contributed by atoms with E-state index in [0.29, 0.717) is 5.92 Å². The lowest BCUT2D eigenvalue weighted by Crippen LogP contribution is -2.43. The second-order valence-electron chi connectivity index (χ2n) is 6.26. The van der Waals surface area contributed by atoms with Crippen LogP contribution in [0.5, 0.6) is 0 Å². The average molecular weight is 288 g/mol. The maximum atomic E-state index is 12.8. The van der Waals surface area contributed by atoms with Gasteiger partial charge in [0.2, 0.25) is 5.91 Å². The molecule has 0 bridgehead atoms. The van der Waals surface area contributed by atoms with Gasteiger partial charge in [0, 0.05) is 25.3 Å². The molecule has 0 saturated carbocycles. The van der Waals surface area contributed by atoms with Gasteiger partial charge < -0.3 is 15.3 Å². The van der Waals surface area contributed by atoms with E-state index in [1.165, 1.54) is 0 Å². The van der Waals surface area contributed by atoms with Crippen molar-refractivity contribution in [2.75, 3.05) is 25.0 Å². The molecule has 4 heteroatoms. The van der Waals surface area contributed by atoms with Crippen molar-refractivity contribution in [3.05, 3.63) is 29.8 Å². The van der Waals surface area contributed by atoms with Gasteiger partial charge in [-0.15, -0.1) is 0 Å². The maximum absolute atomic E-state index is 12.8. The number of hydrogen-bond acceptors (Lipinski definition) is 3. The third-order valence-electron chi connectivity index (χ3n) is 4.92. The number of rotatable bonds is 2. The van der Waals surface area contributed by atoms with Crippen molar-refractivity contribution >= 4 is 11.6 Å². The lowest BCUT2D eigenvalue weighted by molar-refractivity contribution is -0.135. The van der Waals surface area contributed by atoms with Gasteiger partial charge in [-0.1, -0.05) is 18.2 Å². The molecular formula is C17H24N2O2. The van der Waals surface area contributed by atoms with E-state index in [0.717, 1.165) is 50.1 Å². The van der Waals surface area contributed by atoms with Crippen LogP contribution < -0.4 is 5.32 Å². The molecule has 1 saturated heterocycles. The molecule has 2 N–H and O–H groups in total. The van der Waals surface area contributed by atoms with Crippen molar-refractivity contribution in [1.82, 2.24) is 4.90 Å². The Kier molecular flexibility index (Phi) is 4.15. The highest BCUT2D eigenvalue weighted by Gasteiger charge is 2.32. The summed E-state index contributed by atoms with van der Waals surface area (Å²) >= 11 is 0. The molecule has 1 aromatic rings. The van der Waals surface area contributed by atoms with Crippen LogP contribution in [0.3, 0.4) is 0 Å². The van der Waals surface area contributed by atoms with Crippen LogP contribution in [0.1, 0.15) is 37.7 Å². The van der Waals surface area contributed by atoms with Crippen LogP contribution in [0.4, 0.5) is 5.69 Å². The summed E-state index contributed by atoms with van der Waals surface area (Å²) < 4.78 is 0. The highest BCUT2D eigenvalue weighted by atomic mass is 16.3. The molecule has 3 rings (SSSR count). The van der Waals surface area contributed by atoms with Gasteiger partial charge in [-0.05, 0) is 43.7 Å². The molecular weight excluding hydrogens is 264 g/mol. The third-order valence-corrected chi connectivity index (χ3v) is 4.92. The molecule has 0 aromatic heterocycles. The van der Waals surface area contributed by atoms with E-state index < -0.39 is 0 Å². The fourth-order valence-corrected chi connectivity index (χ4v) is 3.55. The average Bonchev–Trinajstić information content (AvgIpc) is 2.53. The van der Waals surface area contributed by atoms with Crippen LogP contribution >= 0.6 is 0 Å². The van der Waals surface area contributed by atoms with E-state index in [2.05, 4.69) is 17.4 Å². The van der Waals surface area contributed by atoms with Gasteiger partial charge in [-0.3, -0.25) is 4.79 Å². The lowest BCUT2D eigenvalue weighted by Gasteiger charge is -2.36. The molecule has 114 valence electrons. The van der Waals surface area contributed by atoms with Gasteiger partial charge in [0.1, 0.15) is 0 Å². The number of nitrogens with one attached hydrogen (secondary N) is 1. The summed E-state index contributed by atoms with van der Waals surface area (Å²) in [4.78, 5) is 14.8. The van der Waals surface area contributed by atoms with Crippen LogP contribution in [0, 0.1) is 5.92 Å². The summed E-state index contributed by atoms with van der Waals surface area (Å²) in [5, 5.41) is 13.0. The number of nitrogens with zero attached hydrogens (tertiary/aromatic N) is 1. The molecule has 2 unspecified atom stereocenters. The topological polar surface area (TPSA) is 52.6 Å². The summed E-state index contributed by atoms with van der Waals surface area (Å²) in [5.74, 6) is 0.591. The quantitative estimate of drug-likeness (QED) is 0.877.